The Bertz CT molecular complexity index is 589. The molecular formula is C18H24Si2. The molecular weight excluding hydrogens is 272 g/mol. The molecule has 1 rings (SSSR count). The second kappa shape index (κ2) is 6.79. The quantitative estimate of drug-likeness (QED) is 0.514. The van der Waals surface area contributed by atoms with Crippen molar-refractivity contribution in [2.45, 2.75) is 39.3 Å². The number of benzene rings is 1. The zero-order valence-corrected chi connectivity index (χ0v) is 15.5. The first-order chi connectivity index (χ1) is 9.17. The Kier molecular flexibility index (Phi) is 5.63. The largest absolute Gasteiger partial charge is 0.129 e. The van der Waals surface area contributed by atoms with Crippen molar-refractivity contribution in [2.75, 3.05) is 0 Å². The van der Waals surface area contributed by atoms with Crippen molar-refractivity contribution in [3.63, 3.8) is 0 Å². The second-order valence-electron chi connectivity index (χ2n) is 6.94. The van der Waals surface area contributed by atoms with Gasteiger partial charge in [0.15, 0.2) is 0 Å². The average molecular weight is 297 g/mol. The van der Waals surface area contributed by atoms with E-state index >= 15 is 0 Å². The molecule has 0 heterocycles. The van der Waals surface area contributed by atoms with Crippen LogP contribution in [0.3, 0.4) is 0 Å². The van der Waals surface area contributed by atoms with E-state index in [0.29, 0.717) is 0 Å². The highest BCUT2D eigenvalue weighted by Crippen LogP contribution is 2.13. The lowest BCUT2D eigenvalue weighted by molar-refractivity contribution is 1.64. The highest BCUT2D eigenvalue weighted by molar-refractivity contribution is 6.84. The van der Waals surface area contributed by atoms with Crippen LogP contribution in [0.2, 0.25) is 39.3 Å². The van der Waals surface area contributed by atoms with Crippen molar-refractivity contribution in [2.24, 2.45) is 0 Å². The molecule has 0 aliphatic heterocycles. The molecule has 104 valence electrons. The van der Waals surface area contributed by atoms with Crippen LogP contribution in [-0.2, 0) is 0 Å². The van der Waals surface area contributed by atoms with Crippen molar-refractivity contribution < 1.29 is 0 Å². The molecule has 20 heavy (non-hydrogen) atoms. The predicted molar refractivity (Wildman–Crippen MR) is 96.7 cm³/mol. The molecule has 0 nitrogen and oxygen atoms in total. The fraction of sp³-hybridized carbons (Fsp3) is 0.333. The molecule has 0 N–H and O–H groups in total. The Hall–Kier alpha value is -1.49. The van der Waals surface area contributed by atoms with Gasteiger partial charge in [-0.2, -0.15) is 0 Å². The Labute approximate surface area is 126 Å². The number of rotatable bonds is 1. The summed E-state index contributed by atoms with van der Waals surface area (Å²) in [6.07, 6.45) is 1.99. The van der Waals surface area contributed by atoms with Crippen molar-refractivity contribution in [1.82, 2.24) is 0 Å². The maximum atomic E-state index is 3.43. The average Bonchev–Trinajstić information content (AvgIpc) is 2.32. The van der Waals surface area contributed by atoms with Crippen LogP contribution in [0.25, 0.3) is 5.57 Å². The van der Waals surface area contributed by atoms with Crippen LogP contribution in [0.4, 0.5) is 0 Å². The van der Waals surface area contributed by atoms with Crippen LogP contribution in [0.5, 0.6) is 0 Å². The summed E-state index contributed by atoms with van der Waals surface area (Å²) in [4.78, 5) is 0. The van der Waals surface area contributed by atoms with Crippen LogP contribution in [0.1, 0.15) is 5.56 Å². The van der Waals surface area contributed by atoms with Crippen molar-refractivity contribution in [3.05, 3.63) is 42.0 Å². The van der Waals surface area contributed by atoms with E-state index in [1.54, 1.807) is 0 Å². The van der Waals surface area contributed by atoms with Crippen LogP contribution >= 0.6 is 0 Å². The molecule has 0 aliphatic carbocycles. The molecule has 0 fully saturated rings. The standard InChI is InChI=1S/C18H24Si2/c1-19(2,3)15-10-13-18(14-16-20(4,5)6)17-11-8-7-9-12-17/h7-9,11-13H,1-6H3/b18-13+. The first kappa shape index (κ1) is 16.6. The van der Waals surface area contributed by atoms with Crippen LogP contribution in [0, 0.1) is 22.9 Å². The third kappa shape index (κ3) is 7.19. The smallest absolute Gasteiger partial charge is 0.127 e. The van der Waals surface area contributed by atoms with E-state index in [1.807, 2.05) is 24.3 Å². The summed E-state index contributed by atoms with van der Waals surface area (Å²) in [6.45, 7) is 13.5. The lowest BCUT2D eigenvalue weighted by Gasteiger charge is -2.05. The zero-order valence-electron chi connectivity index (χ0n) is 13.5. The van der Waals surface area contributed by atoms with Gasteiger partial charge in [0.05, 0.1) is 0 Å². The van der Waals surface area contributed by atoms with Gasteiger partial charge in [-0.05, 0) is 5.56 Å². The number of allylic oxidation sites excluding steroid dienone is 2. The van der Waals surface area contributed by atoms with Crippen molar-refractivity contribution in [3.8, 4) is 22.9 Å². The topological polar surface area (TPSA) is 0 Å². The molecule has 1 aromatic carbocycles. The SMILES string of the molecule is C[Si](C)(C)C#C/C=C(\C#C[Si](C)(C)C)c1ccccc1. The third-order valence-corrected chi connectivity index (χ3v) is 4.09. The van der Waals surface area contributed by atoms with Gasteiger partial charge < -0.3 is 0 Å². The molecule has 0 saturated carbocycles. The van der Waals surface area contributed by atoms with Gasteiger partial charge in [0.25, 0.3) is 0 Å². The normalized spacial score (nSPS) is 12.0. The first-order valence-electron chi connectivity index (χ1n) is 6.99. The van der Waals surface area contributed by atoms with Gasteiger partial charge >= 0.3 is 0 Å². The van der Waals surface area contributed by atoms with E-state index in [0.717, 1.165) is 11.1 Å². The van der Waals surface area contributed by atoms with E-state index in [-0.39, 0.29) is 0 Å². The second-order valence-corrected chi connectivity index (χ2v) is 16.4. The zero-order chi connectivity index (χ0) is 15.2. The molecule has 0 atom stereocenters. The summed E-state index contributed by atoms with van der Waals surface area (Å²) in [6, 6.07) is 10.3. The first-order valence-corrected chi connectivity index (χ1v) is 14.0. The predicted octanol–water partition coefficient (Wildman–Crippen LogP) is 4.83. The van der Waals surface area contributed by atoms with E-state index in [2.05, 4.69) is 74.3 Å². The van der Waals surface area contributed by atoms with E-state index in [1.165, 1.54) is 0 Å². The highest BCUT2D eigenvalue weighted by atomic mass is 28.3. The summed E-state index contributed by atoms with van der Waals surface area (Å²) in [7, 11) is -2.70. The van der Waals surface area contributed by atoms with Crippen LogP contribution in [-0.4, -0.2) is 16.1 Å². The molecule has 0 aliphatic rings. The van der Waals surface area contributed by atoms with Gasteiger partial charge in [0.2, 0.25) is 0 Å². The molecule has 1 aromatic rings. The van der Waals surface area contributed by atoms with E-state index < -0.39 is 16.1 Å². The minimum atomic E-state index is -1.37. The summed E-state index contributed by atoms with van der Waals surface area (Å²) < 4.78 is 0. The summed E-state index contributed by atoms with van der Waals surface area (Å²) >= 11 is 0. The summed E-state index contributed by atoms with van der Waals surface area (Å²) in [5.41, 5.74) is 9.00. The van der Waals surface area contributed by atoms with E-state index in [9.17, 15) is 0 Å². The summed E-state index contributed by atoms with van der Waals surface area (Å²) in [5, 5.41) is 0. The van der Waals surface area contributed by atoms with Crippen LogP contribution in [0.15, 0.2) is 36.4 Å². The van der Waals surface area contributed by atoms with Gasteiger partial charge in [0.1, 0.15) is 16.1 Å². The molecule has 0 saturated heterocycles. The monoisotopic (exact) mass is 296 g/mol. The maximum absolute atomic E-state index is 3.43. The van der Waals surface area contributed by atoms with Gasteiger partial charge in [-0.1, -0.05) is 81.5 Å². The fourth-order valence-corrected chi connectivity index (χ4v) is 2.40. The van der Waals surface area contributed by atoms with Gasteiger partial charge in [-0.3, -0.25) is 0 Å². The minimum absolute atomic E-state index is 1.04. The summed E-state index contributed by atoms with van der Waals surface area (Å²) in [5.74, 6) is 6.57. The highest BCUT2D eigenvalue weighted by Gasteiger charge is 2.09. The third-order valence-electron chi connectivity index (χ3n) is 2.32. The van der Waals surface area contributed by atoms with Gasteiger partial charge in [-0.15, -0.1) is 11.1 Å². The Morgan fingerprint density at radius 1 is 0.850 bits per heavy atom. The van der Waals surface area contributed by atoms with E-state index in [4.69, 9.17) is 0 Å². The molecule has 0 unspecified atom stereocenters. The molecule has 0 aromatic heterocycles. The lowest BCUT2D eigenvalue weighted by atomic mass is 10.1. The molecule has 0 amide bonds. The minimum Gasteiger partial charge on any atom is -0.127 e. The Morgan fingerprint density at radius 2 is 1.40 bits per heavy atom. The fourth-order valence-electron chi connectivity index (χ4n) is 1.39. The lowest BCUT2D eigenvalue weighted by Crippen LogP contribution is -2.16. The van der Waals surface area contributed by atoms with Crippen molar-refractivity contribution >= 4 is 21.7 Å². The van der Waals surface area contributed by atoms with Gasteiger partial charge in [0, 0.05) is 11.6 Å². The van der Waals surface area contributed by atoms with Crippen molar-refractivity contribution in [1.29, 1.82) is 0 Å². The van der Waals surface area contributed by atoms with Crippen LogP contribution < -0.4 is 0 Å². The molecule has 2 heteroatoms. The number of hydrogen-bond donors (Lipinski definition) is 0. The molecule has 0 radical (unpaired) electrons. The maximum Gasteiger partial charge on any atom is 0.129 e. The van der Waals surface area contributed by atoms with Gasteiger partial charge in [-0.25, -0.2) is 0 Å². The Morgan fingerprint density at radius 3 is 1.90 bits per heavy atom. The molecule has 0 spiro atoms. The number of hydrogen-bond acceptors (Lipinski definition) is 0. The Balaban J connectivity index is 3.17. The molecule has 0 bridgehead atoms.